The minimum atomic E-state index is -4.89. The normalized spacial score (nSPS) is 18.0. The van der Waals surface area contributed by atoms with E-state index in [1.165, 1.54) is 0 Å². The molecule has 32 heavy (non-hydrogen) atoms. The van der Waals surface area contributed by atoms with Crippen molar-refractivity contribution in [1.82, 2.24) is 4.90 Å². The highest BCUT2D eigenvalue weighted by Gasteiger charge is 2.53. The highest BCUT2D eigenvalue weighted by atomic mass is 79.9. The molecular weight excluding hydrogens is 972 g/mol. The highest BCUT2D eigenvalue weighted by Crippen LogP contribution is 2.49. The van der Waals surface area contributed by atoms with Gasteiger partial charge in [-0.3, -0.25) is 19.0 Å². The van der Waals surface area contributed by atoms with Crippen LogP contribution in [0.2, 0.25) is 0 Å². The summed E-state index contributed by atoms with van der Waals surface area (Å²) in [7, 11) is -4.89. The van der Waals surface area contributed by atoms with Crippen molar-refractivity contribution in [2.45, 2.75) is 28.0 Å². The zero-order chi connectivity index (χ0) is 24.6. The molecular formula is C16H14Br8NO6P. The van der Waals surface area contributed by atoms with E-state index in [1.807, 2.05) is 0 Å². The van der Waals surface area contributed by atoms with Gasteiger partial charge in [-0.05, 0) is 76.6 Å². The van der Waals surface area contributed by atoms with E-state index >= 15 is 0 Å². The van der Waals surface area contributed by atoms with Crippen LogP contribution in [0.1, 0.15) is 33.6 Å². The fourth-order valence-electron chi connectivity index (χ4n) is 3.37. The standard InChI is InChI=1S/C16H14Br8NO6P/c17-3-6(19)1-16(2-7(20)4-18,5-31-32(28,29)30)25-14(26)8-9(15(25)27)11(22)13(24)12(23)10(8)21/h6-7H,1-5H2,(H2,28,29,30). The summed E-state index contributed by atoms with van der Waals surface area (Å²) in [4.78, 5) is 46.8. The molecule has 2 N–H and O–H groups in total. The van der Waals surface area contributed by atoms with Gasteiger partial charge in [0.15, 0.2) is 0 Å². The highest BCUT2D eigenvalue weighted by molar-refractivity contribution is 9.15. The van der Waals surface area contributed by atoms with E-state index in [0.29, 0.717) is 28.6 Å². The Morgan fingerprint density at radius 2 is 1.22 bits per heavy atom. The number of alkyl halides is 4. The van der Waals surface area contributed by atoms with Crippen molar-refractivity contribution >= 4 is 147 Å². The van der Waals surface area contributed by atoms with Gasteiger partial charge in [0, 0.05) is 38.2 Å². The molecule has 7 nitrogen and oxygen atoms in total. The smallest absolute Gasteiger partial charge is 0.303 e. The van der Waals surface area contributed by atoms with Crippen LogP contribution in [0.4, 0.5) is 0 Å². The first-order valence-electron chi connectivity index (χ1n) is 8.55. The zero-order valence-electron chi connectivity index (χ0n) is 15.6. The minimum absolute atomic E-state index is 0.146. The molecule has 0 saturated heterocycles. The molecule has 1 aliphatic rings. The van der Waals surface area contributed by atoms with Crippen LogP contribution >= 0.6 is 135 Å². The van der Waals surface area contributed by atoms with Gasteiger partial charge in [-0.25, -0.2) is 4.57 Å². The van der Waals surface area contributed by atoms with Gasteiger partial charge in [-0.2, -0.15) is 0 Å². The van der Waals surface area contributed by atoms with E-state index in [9.17, 15) is 23.9 Å². The summed E-state index contributed by atoms with van der Waals surface area (Å²) >= 11 is 27.4. The first kappa shape index (κ1) is 30.5. The van der Waals surface area contributed by atoms with Crippen LogP contribution in [0.15, 0.2) is 17.9 Å². The van der Waals surface area contributed by atoms with E-state index in [0.717, 1.165) is 4.90 Å². The first-order valence-corrected chi connectivity index (χ1v) is 17.3. The van der Waals surface area contributed by atoms with Crippen molar-refractivity contribution in [3.8, 4) is 0 Å². The molecule has 1 heterocycles. The Bertz CT molecular complexity index is 914. The van der Waals surface area contributed by atoms with E-state index in [-0.39, 0.29) is 33.6 Å². The Kier molecular flexibility index (Phi) is 11.7. The molecule has 0 fully saturated rings. The van der Waals surface area contributed by atoms with E-state index < -0.39 is 31.8 Å². The van der Waals surface area contributed by atoms with Crippen molar-refractivity contribution in [1.29, 1.82) is 0 Å². The Morgan fingerprint density at radius 1 is 0.844 bits per heavy atom. The minimum Gasteiger partial charge on any atom is -0.303 e. The van der Waals surface area contributed by atoms with Crippen LogP contribution in [-0.4, -0.2) is 59.0 Å². The van der Waals surface area contributed by atoms with Gasteiger partial charge >= 0.3 is 7.82 Å². The number of phosphoric acid groups is 1. The van der Waals surface area contributed by atoms with Crippen LogP contribution in [0.5, 0.6) is 0 Å². The number of carbonyl (C=O) groups excluding carboxylic acids is 2. The SMILES string of the molecule is O=C1c2c(Br)c(Br)c(Br)c(Br)c2C(=O)N1C(COP(=O)(O)O)(CC(Br)CBr)CC(Br)CBr. The van der Waals surface area contributed by atoms with Crippen LogP contribution in [-0.2, 0) is 9.09 Å². The number of phosphoric ester groups is 1. The Labute approximate surface area is 251 Å². The molecule has 2 rings (SSSR count). The lowest BCUT2D eigenvalue weighted by Gasteiger charge is -2.42. The predicted molar refractivity (Wildman–Crippen MR) is 151 cm³/mol. The van der Waals surface area contributed by atoms with Gasteiger partial charge in [-0.1, -0.05) is 63.7 Å². The van der Waals surface area contributed by atoms with Crippen molar-refractivity contribution in [2.24, 2.45) is 0 Å². The van der Waals surface area contributed by atoms with Crippen LogP contribution in [0.25, 0.3) is 0 Å². The van der Waals surface area contributed by atoms with Gasteiger partial charge < -0.3 is 9.79 Å². The van der Waals surface area contributed by atoms with Gasteiger partial charge in [-0.15, -0.1) is 0 Å². The molecule has 0 spiro atoms. The number of halogens is 8. The molecule has 1 aliphatic heterocycles. The van der Waals surface area contributed by atoms with Crippen LogP contribution in [0.3, 0.4) is 0 Å². The lowest BCUT2D eigenvalue weighted by molar-refractivity contribution is 0.0186. The largest absolute Gasteiger partial charge is 0.469 e. The lowest BCUT2D eigenvalue weighted by Crippen LogP contribution is -2.57. The molecule has 0 radical (unpaired) electrons. The molecule has 0 bridgehead atoms. The maximum absolute atomic E-state index is 13.7. The van der Waals surface area contributed by atoms with Crippen LogP contribution < -0.4 is 0 Å². The summed E-state index contributed by atoms with van der Waals surface area (Å²) in [5.41, 5.74) is -1.09. The fourth-order valence-corrected chi connectivity index (χ4v) is 7.90. The summed E-state index contributed by atoms with van der Waals surface area (Å²) in [6.45, 7) is -0.551. The summed E-state index contributed by atoms with van der Waals surface area (Å²) in [5.74, 6) is -1.19. The van der Waals surface area contributed by atoms with Crippen molar-refractivity contribution in [2.75, 3.05) is 17.3 Å². The first-order chi connectivity index (χ1) is 14.7. The molecule has 180 valence electrons. The third kappa shape index (κ3) is 6.59. The number of amides is 2. The van der Waals surface area contributed by atoms with Crippen molar-refractivity contribution in [3.05, 3.63) is 29.0 Å². The van der Waals surface area contributed by atoms with Crippen LogP contribution in [0, 0.1) is 0 Å². The Morgan fingerprint density at radius 3 is 1.53 bits per heavy atom. The third-order valence-corrected chi connectivity index (χ3v) is 14.4. The molecule has 2 unspecified atom stereocenters. The van der Waals surface area contributed by atoms with E-state index in [2.05, 4.69) is 127 Å². The number of hydrogen-bond acceptors (Lipinski definition) is 4. The quantitative estimate of drug-likeness (QED) is 0.0841. The van der Waals surface area contributed by atoms with Crippen molar-refractivity contribution in [3.63, 3.8) is 0 Å². The van der Waals surface area contributed by atoms with Gasteiger partial charge in [0.2, 0.25) is 0 Å². The van der Waals surface area contributed by atoms with Gasteiger partial charge in [0.25, 0.3) is 11.8 Å². The average molecular weight is 986 g/mol. The second kappa shape index (κ2) is 12.2. The summed E-state index contributed by atoms with van der Waals surface area (Å²) in [5, 5.41) is 0.944. The summed E-state index contributed by atoms with van der Waals surface area (Å²) < 4.78 is 18.4. The average Bonchev–Trinajstić information content (AvgIpc) is 2.98. The molecule has 1 aromatic carbocycles. The Hall–Kier alpha value is 2.31. The maximum atomic E-state index is 13.7. The number of benzene rings is 1. The number of nitrogens with zero attached hydrogens (tertiary/aromatic N) is 1. The van der Waals surface area contributed by atoms with E-state index in [1.54, 1.807) is 0 Å². The maximum Gasteiger partial charge on any atom is 0.469 e. The van der Waals surface area contributed by atoms with Gasteiger partial charge in [0.05, 0.1) is 23.3 Å². The predicted octanol–water partition coefficient (Wildman–Crippen LogP) is 7.28. The number of imide groups is 1. The third-order valence-electron chi connectivity index (χ3n) is 4.61. The number of rotatable bonds is 10. The van der Waals surface area contributed by atoms with Crippen molar-refractivity contribution < 1.29 is 28.5 Å². The second-order valence-corrected chi connectivity index (χ2v) is 15.1. The molecule has 0 aliphatic carbocycles. The molecule has 0 aromatic heterocycles. The number of hydrogen-bond donors (Lipinski definition) is 2. The Balaban J connectivity index is 2.74. The second-order valence-electron chi connectivity index (χ2n) is 6.85. The van der Waals surface area contributed by atoms with Gasteiger partial charge in [0.1, 0.15) is 0 Å². The molecule has 1 aromatic rings. The molecule has 0 saturated carbocycles. The number of carbonyl (C=O) groups is 2. The number of fused-ring (bicyclic) bond motifs is 1. The topological polar surface area (TPSA) is 104 Å². The molecule has 16 heteroatoms. The monoisotopic (exact) mass is 978 g/mol. The molecule has 2 amide bonds. The summed E-state index contributed by atoms with van der Waals surface area (Å²) in [6, 6.07) is 0. The fraction of sp³-hybridized carbons (Fsp3) is 0.500. The lowest BCUT2D eigenvalue weighted by atomic mass is 9.87. The zero-order valence-corrected chi connectivity index (χ0v) is 29.2. The summed E-state index contributed by atoms with van der Waals surface area (Å²) in [6.07, 6.45) is 0.354. The molecule has 2 atom stereocenters. The van der Waals surface area contributed by atoms with E-state index in [4.69, 9.17) is 4.52 Å².